The highest BCUT2D eigenvalue weighted by Gasteiger charge is 2.35. The highest BCUT2D eigenvalue weighted by molar-refractivity contribution is 7.92. The van der Waals surface area contributed by atoms with Gasteiger partial charge in [-0.3, -0.25) is 4.79 Å². The summed E-state index contributed by atoms with van der Waals surface area (Å²) >= 11 is 0. The van der Waals surface area contributed by atoms with Crippen LogP contribution in [0.25, 0.3) is 0 Å². The van der Waals surface area contributed by atoms with Crippen LogP contribution in [-0.4, -0.2) is 30.1 Å². The van der Waals surface area contributed by atoms with Crippen molar-refractivity contribution >= 4 is 15.7 Å². The van der Waals surface area contributed by atoms with Gasteiger partial charge in [-0.1, -0.05) is 0 Å². The maximum Gasteiger partial charge on any atom is 0.417 e. The van der Waals surface area contributed by atoms with Gasteiger partial charge in [0.2, 0.25) is 15.7 Å². The third-order valence-corrected chi connectivity index (χ3v) is 4.66. The number of hydrogen-bond acceptors (Lipinski definition) is 4. The number of halogens is 3. The molecule has 0 unspecified atom stereocenters. The van der Waals surface area contributed by atoms with E-state index in [9.17, 15) is 26.4 Å². The summed E-state index contributed by atoms with van der Waals surface area (Å²) in [5, 5.41) is 0.470. The molecule has 0 radical (unpaired) electrons. The fraction of sp³-hybridized carbons (Fsp3) is 0.538. The summed E-state index contributed by atoms with van der Waals surface area (Å²) in [4.78, 5) is 15.2. The quantitative estimate of drug-likeness (QED) is 0.916. The summed E-state index contributed by atoms with van der Waals surface area (Å²) < 4.78 is 61.7. The van der Waals surface area contributed by atoms with Crippen molar-refractivity contribution in [2.75, 3.05) is 0 Å². The normalized spacial score (nSPS) is 14.5. The Balaban J connectivity index is 3.06. The van der Waals surface area contributed by atoms with Crippen molar-refractivity contribution in [2.24, 2.45) is 0 Å². The van der Waals surface area contributed by atoms with Crippen LogP contribution in [-0.2, 0) is 20.8 Å². The van der Waals surface area contributed by atoms with Gasteiger partial charge in [0.15, 0.2) is 5.03 Å². The number of hydrogen-bond donors (Lipinski definition) is 1. The maximum absolute atomic E-state index is 12.4. The van der Waals surface area contributed by atoms with Gasteiger partial charge >= 0.3 is 6.18 Å². The molecule has 0 saturated carbocycles. The minimum absolute atomic E-state index is 0.432. The first-order valence-electron chi connectivity index (χ1n) is 6.34. The van der Waals surface area contributed by atoms with Crippen LogP contribution in [0.3, 0.4) is 0 Å². The van der Waals surface area contributed by atoms with E-state index in [1.165, 1.54) is 0 Å². The Bertz CT molecular complexity index is 647. The van der Waals surface area contributed by atoms with Crippen molar-refractivity contribution in [3.8, 4) is 0 Å². The number of alkyl halides is 3. The zero-order chi connectivity index (χ0) is 17.3. The second-order valence-corrected chi connectivity index (χ2v) is 8.02. The van der Waals surface area contributed by atoms with Crippen LogP contribution in [0.1, 0.15) is 33.3 Å². The Kier molecular flexibility index (Phi) is 4.91. The van der Waals surface area contributed by atoms with E-state index in [0.29, 0.717) is 12.3 Å². The first-order valence-corrected chi connectivity index (χ1v) is 7.89. The molecule has 1 aromatic heterocycles. The van der Waals surface area contributed by atoms with E-state index >= 15 is 0 Å². The fourth-order valence-electron chi connectivity index (χ4n) is 1.51. The molecule has 9 heteroatoms. The van der Waals surface area contributed by atoms with E-state index in [0.717, 1.165) is 13.0 Å². The third kappa shape index (κ3) is 4.43. The van der Waals surface area contributed by atoms with Gasteiger partial charge in [0.05, 0.1) is 5.56 Å². The predicted molar refractivity (Wildman–Crippen MR) is 73.8 cm³/mol. The summed E-state index contributed by atoms with van der Waals surface area (Å²) in [6, 6.07) is 1.37. The van der Waals surface area contributed by atoms with E-state index in [1.807, 2.05) is 0 Å². The van der Waals surface area contributed by atoms with E-state index in [4.69, 9.17) is 0 Å². The second-order valence-electron chi connectivity index (χ2n) is 5.81. The molecule has 0 aromatic carbocycles. The zero-order valence-electron chi connectivity index (χ0n) is 12.5. The Morgan fingerprint density at radius 1 is 1.23 bits per heavy atom. The SMILES string of the molecule is C[C@@H](C(=O)NC(C)(C)C)S(=O)(=O)c1ccc(C(F)(F)F)cn1. The summed E-state index contributed by atoms with van der Waals surface area (Å²) in [6.07, 6.45) is -4.17. The molecule has 0 fully saturated rings. The number of aromatic nitrogens is 1. The van der Waals surface area contributed by atoms with Gasteiger partial charge in [-0.05, 0) is 39.8 Å². The highest BCUT2D eigenvalue weighted by atomic mass is 32.2. The van der Waals surface area contributed by atoms with Crippen molar-refractivity contribution in [1.29, 1.82) is 0 Å². The molecule has 124 valence electrons. The molecule has 1 N–H and O–H groups in total. The molecule has 1 atom stereocenters. The molecule has 0 bridgehead atoms. The third-order valence-electron chi connectivity index (χ3n) is 2.69. The molecule has 1 aromatic rings. The van der Waals surface area contributed by atoms with Gasteiger partial charge < -0.3 is 5.32 Å². The topological polar surface area (TPSA) is 76.1 Å². The van der Waals surface area contributed by atoms with Gasteiger partial charge in [-0.25, -0.2) is 13.4 Å². The van der Waals surface area contributed by atoms with Crippen LogP contribution >= 0.6 is 0 Å². The van der Waals surface area contributed by atoms with Crippen molar-refractivity contribution in [2.45, 2.75) is 49.7 Å². The number of sulfone groups is 1. The largest absolute Gasteiger partial charge is 0.417 e. The van der Waals surface area contributed by atoms with Gasteiger partial charge in [0, 0.05) is 11.7 Å². The lowest BCUT2D eigenvalue weighted by atomic mass is 10.1. The zero-order valence-corrected chi connectivity index (χ0v) is 13.3. The molecule has 1 rings (SSSR count). The highest BCUT2D eigenvalue weighted by Crippen LogP contribution is 2.29. The van der Waals surface area contributed by atoms with E-state index in [2.05, 4.69) is 10.3 Å². The number of amides is 1. The lowest BCUT2D eigenvalue weighted by Crippen LogP contribution is -2.47. The van der Waals surface area contributed by atoms with Gasteiger partial charge in [0.1, 0.15) is 5.25 Å². The second kappa shape index (κ2) is 5.86. The van der Waals surface area contributed by atoms with E-state index < -0.39 is 43.3 Å². The average molecular weight is 338 g/mol. The minimum atomic E-state index is -4.61. The van der Waals surface area contributed by atoms with Crippen LogP contribution < -0.4 is 5.32 Å². The van der Waals surface area contributed by atoms with Gasteiger partial charge in [0.25, 0.3) is 0 Å². The summed E-state index contributed by atoms with van der Waals surface area (Å²) in [5.41, 5.74) is -1.69. The Morgan fingerprint density at radius 2 is 1.77 bits per heavy atom. The molecule has 0 aliphatic carbocycles. The lowest BCUT2D eigenvalue weighted by Gasteiger charge is -2.23. The minimum Gasteiger partial charge on any atom is -0.350 e. The number of nitrogens with zero attached hydrogens (tertiary/aromatic N) is 1. The molecular formula is C13H17F3N2O3S. The summed E-state index contributed by atoms with van der Waals surface area (Å²) in [6.45, 7) is 6.21. The Hall–Kier alpha value is -1.64. The van der Waals surface area contributed by atoms with Crippen molar-refractivity contribution in [3.63, 3.8) is 0 Å². The molecule has 5 nitrogen and oxygen atoms in total. The molecule has 0 saturated heterocycles. The lowest BCUT2D eigenvalue weighted by molar-refractivity contribution is -0.137. The van der Waals surface area contributed by atoms with Gasteiger partial charge in [-0.2, -0.15) is 13.2 Å². The molecule has 0 spiro atoms. The molecule has 1 heterocycles. The Morgan fingerprint density at radius 3 is 2.14 bits per heavy atom. The number of carbonyl (C=O) groups excluding carboxylic acids is 1. The van der Waals surface area contributed by atoms with E-state index in [-0.39, 0.29) is 0 Å². The first kappa shape index (κ1) is 18.4. The monoisotopic (exact) mass is 338 g/mol. The average Bonchev–Trinajstić information content (AvgIpc) is 2.34. The molecule has 1 amide bonds. The van der Waals surface area contributed by atoms with Crippen LogP contribution in [0, 0.1) is 0 Å². The van der Waals surface area contributed by atoms with Crippen molar-refractivity contribution in [1.82, 2.24) is 10.3 Å². The first-order chi connectivity index (χ1) is 9.75. The molecular weight excluding hydrogens is 321 g/mol. The molecule has 0 aliphatic rings. The Labute approximate surface area is 126 Å². The smallest absolute Gasteiger partial charge is 0.350 e. The maximum atomic E-state index is 12.4. The van der Waals surface area contributed by atoms with E-state index in [1.54, 1.807) is 20.8 Å². The number of rotatable bonds is 3. The van der Waals surface area contributed by atoms with Crippen LogP contribution in [0.5, 0.6) is 0 Å². The fourth-order valence-corrected chi connectivity index (χ4v) is 2.67. The molecule has 22 heavy (non-hydrogen) atoms. The van der Waals surface area contributed by atoms with Crippen LogP contribution in [0.2, 0.25) is 0 Å². The summed E-state index contributed by atoms with van der Waals surface area (Å²) in [7, 11) is -4.16. The number of carbonyl (C=O) groups is 1. The summed E-state index contributed by atoms with van der Waals surface area (Å²) in [5.74, 6) is -0.741. The van der Waals surface area contributed by atoms with Crippen LogP contribution in [0.15, 0.2) is 23.4 Å². The standard InChI is InChI=1S/C13H17F3N2O3S/c1-8(11(19)18-12(2,3)4)22(20,21)10-6-5-9(7-17-10)13(14,15)16/h5-8H,1-4H3,(H,18,19)/t8-/m0/s1. The van der Waals surface area contributed by atoms with Crippen LogP contribution in [0.4, 0.5) is 13.2 Å². The van der Waals surface area contributed by atoms with Crippen molar-refractivity contribution < 1.29 is 26.4 Å². The van der Waals surface area contributed by atoms with Crippen molar-refractivity contribution in [3.05, 3.63) is 23.9 Å². The van der Waals surface area contributed by atoms with Gasteiger partial charge in [-0.15, -0.1) is 0 Å². The number of pyridine rings is 1. The number of nitrogens with one attached hydrogen (secondary N) is 1. The predicted octanol–water partition coefficient (Wildman–Crippen LogP) is 2.18. The molecule has 0 aliphatic heterocycles.